The molecule has 0 radical (unpaired) electrons. The number of aromatic nitrogens is 2. The lowest BCUT2D eigenvalue weighted by atomic mass is 10.2. The molecule has 3 rings (SSSR count). The molecule has 7 nitrogen and oxygen atoms in total. The molecule has 2 aromatic heterocycles. The molecule has 2 N–H and O–H groups in total. The van der Waals surface area contributed by atoms with Crippen molar-refractivity contribution in [2.24, 2.45) is 0 Å². The van der Waals surface area contributed by atoms with Crippen LogP contribution in [0, 0.1) is 0 Å². The van der Waals surface area contributed by atoms with Crippen LogP contribution in [0.25, 0.3) is 10.2 Å². The van der Waals surface area contributed by atoms with Crippen molar-refractivity contribution in [3.05, 3.63) is 57.5 Å². The molecular weight excluding hydrogens is 352 g/mol. The first kappa shape index (κ1) is 17.8. The van der Waals surface area contributed by atoms with Gasteiger partial charge in [-0.25, -0.2) is 4.98 Å². The Morgan fingerprint density at radius 2 is 2.08 bits per heavy atom. The number of nitrogens with one attached hydrogen (secondary N) is 2. The summed E-state index contributed by atoms with van der Waals surface area (Å²) in [5.41, 5.74) is 0.693. The number of thiophene rings is 1. The predicted molar refractivity (Wildman–Crippen MR) is 102 cm³/mol. The van der Waals surface area contributed by atoms with Gasteiger partial charge in [-0.1, -0.05) is 13.0 Å². The molecule has 0 saturated heterocycles. The Kier molecular flexibility index (Phi) is 5.13. The van der Waals surface area contributed by atoms with E-state index in [1.165, 1.54) is 29.3 Å². The third-order valence-electron chi connectivity index (χ3n) is 3.87. The van der Waals surface area contributed by atoms with Gasteiger partial charge in [-0.15, -0.1) is 11.3 Å². The molecule has 0 spiro atoms. The van der Waals surface area contributed by atoms with Gasteiger partial charge in [0.1, 0.15) is 11.4 Å². The number of carbonyl (C=O) groups is 2. The highest BCUT2D eigenvalue weighted by Crippen LogP contribution is 2.21. The van der Waals surface area contributed by atoms with E-state index >= 15 is 0 Å². The molecule has 8 heteroatoms. The van der Waals surface area contributed by atoms with Gasteiger partial charge in [0.25, 0.3) is 11.5 Å². The molecular formula is C18H18N4O3S. The summed E-state index contributed by atoms with van der Waals surface area (Å²) in [6.07, 6.45) is 2.23. The SMILES string of the molecule is CCc1cc2c(=O)n(CC(=O)Nc3cccc(C(=O)NC)c3)cnc2s1. The molecule has 0 aliphatic rings. The molecule has 26 heavy (non-hydrogen) atoms. The third kappa shape index (κ3) is 3.65. The van der Waals surface area contributed by atoms with Crippen LogP contribution < -0.4 is 16.2 Å². The quantitative estimate of drug-likeness (QED) is 0.719. The minimum atomic E-state index is -0.367. The zero-order chi connectivity index (χ0) is 18.7. The van der Waals surface area contributed by atoms with Crippen LogP contribution in [0.5, 0.6) is 0 Å². The molecule has 0 aliphatic heterocycles. The maximum Gasteiger partial charge on any atom is 0.262 e. The predicted octanol–water partition coefficient (Wildman–Crippen LogP) is 2.02. The standard InChI is InChI=1S/C18H18N4O3S/c1-3-13-8-14-17(26-13)20-10-22(18(14)25)9-15(23)21-12-6-4-5-11(7-12)16(24)19-2/h4-8,10H,3,9H2,1-2H3,(H,19,24)(H,21,23). The lowest BCUT2D eigenvalue weighted by Gasteiger charge is -2.08. The lowest BCUT2D eigenvalue weighted by Crippen LogP contribution is -2.27. The number of hydrogen-bond acceptors (Lipinski definition) is 5. The molecule has 0 aliphatic carbocycles. The van der Waals surface area contributed by atoms with Crippen LogP contribution in [-0.4, -0.2) is 28.4 Å². The molecule has 0 saturated carbocycles. The Morgan fingerprint density at radius 3 is 2.81 bits per heavy atom. The topological polar surface area (TPSA) is 93.1 Å². The number of rotatable bonds is 5. The molecule has 3 aromatic rings. The number of hydrogen-bond donors (Lipinski definition) is 2. The van der Waals surface area contributed by atoms with Crippen molar-refractivity contribution in [1.29, 1.82) is 0 Å². The number of nitrogens with zero attached hydrogens (tertiary/aromatic N) is 2. The fourth-order valence-corrected chi connectivity index (χ4v) is 3.46. The van der Waals surface area contributed by atoms with Crippen molar-refractivity contribution in [3.63, 3.8) is 0 Å². The first-order valence-electron chi connectivity index (χ1n) is 8.11. The second kappa shape index (κ2) is 7.49. The Labute approximate surface area is 153 Å². The number of fused-ring (bicyclic) bond motifs is 1. The monoisotopic (exact) mass is 370 g/mol. The zero-order valence-corrected chi connectivity index (χ0v) is 15.2. The Morgan fingerprint density at radius 1 is 1.27 bits per heavy atom. The Hall–Kier alpha value is -3.00. The second-order valence-electron chi connectivity index (χ2n) is 5.67. The molecule has 0 bridgehead atoms. The maximum absolute atomic E-state index is 12.5. The van der Waals surface area contributed by atoms with Gasteiger partial charge in [-0.05, 0) is 30.7 Å². The van der Waals surface area contributed by atoms with E-state index in [1.54, 1.807) is 24.3 Å². The highest BCUT2D eigenvalue weighted by atomic mass is 32.1. The first-order valence-corrected chi connectivity index (χ1v) is 8.93. The van der Waals surface area contributed by atoms with Crippen molar-refractivity contribution in [1.82, 2.24) is 14.9 Å². The molecule has 0 fully saturated rings. The summed E-state index contributed by atoms with van der Waals surface area (Å²) in [5, 5.41) is 5.76. The summed E-state index contributed by atoms with van der Waals surface area (Å²) in [6, 6.07) is 8.42. The van der Waals surface area contributed by atoms with Crippen molar-refractivity contribution in [3.8, 4) is 0 Å². The summed E-state index contributed by atoms with van der Waals surface area (Å²) < 4.78 is 1.28. The van der Waals surface area contributed by atoms with E-state index in [0.29, 0.717) is 21.5 Å². The molecule has 134 valence electrons. The van der Waals surface area contributed by atoms with Crippen molar-refractivity contribution in [2.45, 2.75) is 19.9 Å². The van der Waals surface area contributed by atoms with Crippen molar-refractivity contribution < 1.29 is 9.59 Å². The number of aryl methyl sites for hydroxylation is 1. The second-order valence-corrected chi connectivity index (χ2v) is 6.79. The number of carbonyl (C=O) groups excluding carboxylic acids is 2. The van der Waals surface area contributed by atoms with Gasteiger partial charge >= 0.3 is 0 Å². The first-order chi connectivity index (χ1) is 12.5. The molecule has 2 amide bonds. The fourth-order valence-electron chi connectivity index (χ4n) is 2.53. The maximum atomic E-state index is 12.5. The summed E-state index contributed by atoms with van der Waals surface area (Å²) in [4.78, 5) is 42.5. The minimum absolute atomic E-state index is 0.150. The van der Waals surface area contributed by atoms with E-state index < -0.39 is 0 Å². The normalized spacial score (nSPS) is 10.7. The lowest BCUT2D eigenvalue weighted by molar-refractivity contribution is -0.116. The van der Waals surface area contributed by atoms with E-state index in [1.807, 2.05) is 13.0 Å². The van der Waals surface area contributed by atoms with E-state index in [0.717, 1.165) is 11.3 Å². The Balaban J connectivity index is 1.78. The van der Waals surface area contributed by atoms with Gasteiger partial charge in [0.2, 0.25) is 5.91 Å². The summed E-state index contributed by atoms with van der Waals surface area (Å²) in [6.45, 7) is 1.87. The van der Waals surface area contributed by atoms with Gasteiger partial charge in [0.15, 0.2) is 0 Å². The highest BCUT2D eigenvalue weighted by molar-refractivity contribution is 7.18. The number of amides is 2. The van der Waals surface area contributed by atoms with E-state index in [4.69, 9.17) is 0 Å². The number of anilines is 1. The van der Waals surface area contributed by atoms with Crippen LogP contribution in [0.1, 0.15) is 22.2 Å². The Bertz CT molecular complexity index is 1040. The molecule has 2 heterocycles. The van der Waals surface area contributed by atoms with E-state index in [-0.39, 0.29) is 23.9 Å². The van der Waals surface area contributed by atoms with Gasteiger partial charge in [-0.3, -0.25) is 19.0 Å². The van der Waals surface area contributed by atoms with Gasteiger partial charge in [0.05, 0.1) is 11.7 Å². The highest BCUT2D eigenvalue weighted by Gasteiger charge is 2.12. The van der Waals surface area contributed by atoms with E-state index in [2.05, 4.69) is 15.6 Å². The van der Waals surface area contributed by atoms with E-state index in [9.17, 15) is 14.4 Å². The van der Waals surface area contributed by atoms with Crippen LogP contribution in [0.4, 0.5) is 5.69 Å². The average Bonchev–Trinajstić information content (AvgIpc) is 3.08. The van der Waals surface area contributed by atoms with Crippen LogP contribution >= 0.6 is 11.3 Å². The molecule has 0 unspecified atom stereocenters. The van der Waals surface area contributed by atoms with Crippen LogP contribution in [0.2, 0.25) is 0 Å². The van der Waals surface area contributed by atoms with Crippen LogP contribution in [0.15, 0.2) is 41.5 Å². The largest absolute Gasteiger partial charge is 0.355 e. The average molecular weight is 370 g/mol. The summed E-state index contributed by atoms with van der Waals surface area (Å²) in [5.74, 6) is -0.607. The van der Waals surface area contributed by atoms with Crippen molar-refractivity contribution >= 4 is 39.1 Å². The van der Waals surface area contributed by atoms with Gasteiger partial charge < -0.3 is 10.6 Å². The number of benzene rings is 1. The van der Waals surface area contributed by atoms with Crippen LogP contribution in [0.3, 0.4) is 0 Å². The fraction of sp³-hybridized carbons (Fsp3) is 0.222. The molecule has 1 aromatic carbocycles. The third-order valence-corrected chi connectivity index (χ3v) is 5.05. The zero-order valence-electron chi connectivity index (χ0n) is 14.4. The smallest absolute Gasteiger partial charge is 0.262 e. The summed E-state index contributed by atoms with van der Waals surface area (Å²) in [7, 11) is 1.54. The summed E-state index contributed by atoms with van der Waals surface area (Å²) >= 11 is 1.49. The van der Waals surface area contributed by atoms with Gasteiger partial charge in [0, 0.05) is 23.2 Å². The van der Waals surface area contributed by atoms with Crippen molar-refractivity contribution in [2.75, 3.05) is 12.4 Å². The van der Waals surface area contributed by atoms with Gasteiger partial charge in [-0.2, -0.15) is 0 Å². The van der Waals surface area contributed by atoms with Crippen LogP contribution in [-0.2, 0) is 17.8 Å². The minimum Gasteiger partial charge on any atom is -0.355 e. The molecule has 0 atom stereocenters.